The van der Waals surface area contributed by atoms with Crippen molar-refractivity contribution < 1.29 is 14.3 Å². The number of esters is 1. The lowest BCUT2D eigenvalue weighted by molar-refractivity contribution is -0.197. The maximum absolute atomic E-state index is 11.4. The first-order valence-corrected chi connectivity index (χ1v) is 7.38. The van der Waals surface area contributed by atoms with Gasteiger partial charge in [0.25, 0.3) is 0 Å². The summed E-state index contributed by atoms with van der Waals surface area (Å²) in [6.07, 6.45) is 4.44. The zero-order valence-corrected chi connectivity index (χ0v) is 13.1. The molecule has 1 saturated heterocycles. The Morgan fingerprint density at radius 2 is 2.29 bits per heavy atom. The van der Waals surface area contributed by atoms with Crippen LogP contribution in [0.3, 0.4) is 0 Å². The number of aromatic nitrogens is 1. The van der Waals surface area contributed by atoms with Gasteiger partial charge < -0.3 is 15.2 Å². The van der Waals surface area contributed by atoms with Gasteiger partial charge in [0, 0.05) is 30.5 Å². The molecule has 0 spiro atoms. The predicted molar refractivity (Wildman–Crippen MR) is 80.5 cm³/mol. The van der Waals surface area contributed by atoms with E-state index in [1.165, 1.54) is 6.92 Å². The van der Waals surface area contributed by atoms with Crippen molar-refractivity contribution in [3.8, 4) is 0 Å². The van der Waals surface area contributed by atoms with Gasteiger partial charge in [0.05, 0.1) is 24.1 Å². The van der Waals surface area contributed by atoms with Crippen LogP contribution in [0.15, 0.2) is 18.5 Å². The zero-order valence-electron chi connectivity index (χ0n) is 13.1. The highest BCUT2D eigenvalue weighted by Gasteiger charge is 2.46. The summed E-state index contributed by atoms with van der Waals surface area (Å²) in [6.45, 7) is 7.69. The summed E-state index contributed by atoms with van der Waals surface area (Å²) < 4.78 is 11.8. The molecule has 2 N–H and O–H groups in total. The van der Waals surface area contributed by atoms with Gasteiger partial charge in [-0.3, -0.25) is 9.78 Å². The number of hydrogen-bond donors (Lipinski definition) is 1. The molecule has 0 radical (unpaired) electrons. The second-order valence-corrected chi connectivity index (χ2v) is 6.18. The summed E-state index contributed by atoms with van der Waals surface area (Å²) in [5.41, 5.74) is 7.30. The van der Waals surface area contributed by atoms with Crippen LogP contribution in [0.4, 0.5) is 5.69 Å². The second kappa shape index (κ2) is 6.02. The SMILES string of the molecule is CC[C@@H]1OC(c2ccncc2N)C[C@H](OC(C)=O)C1(C)C. The van der Waals surface area contributed by atoms with E-state index >= 15 is 0 Å². The summed E-state index contributed by atoms with van der Waals surface area (Å²) >= 11 is 0. The molecule has 2 rings (SSSR count). The van der Waals surface area contributed by atoms with Crippen LogP contribution in [0, 0.1) is 5.41 Å². The topological polar surface area (TPSA) is 74.4 Å². The molecule has 1 aliphatic rings. The normalized spacial score (nSPS) is 28.1. The molecule has 1 unspecified atom stereocenters. The Kier molecular flexibility index (Phi) is 4.52. The number of nitrogens with two attached hydrogens (primary N) is 1. The number of nitrogen functional groups attached to an aromatic ring is 1. The average molecular weight is 292 g/mol. The van der Waals surface area contributed by atoms with E-state index in [4.69, 9.17) is 15.2 Å². The summed E-state index contributed by atoms with van der Waals surface area (Å²) in [5.74, 6) is -0.258. The molecule has 3 atom stereocenters. The van der Waals surface area contributed by atoms with Crippen LogP contribution >= 0.6 is 0 Å². The molecule has 0 aromatic carbocycles. The third-order valence-electron chi connectivity index (χ3n) is 4.33. The number of anilines is 1. The molecule has 21 heavy (non-hydrogen) atoms. The lowest BCUT2D eigenvalue weighted by atomic mass is 9.74. The molecule has 1 aliphatic heterocycles. The Hall–Kier alpha value is -1.62. The molecule has 0 aliphatic carbocycles. The third kappa shape index (κ3) is 3.18. The Balaban J connectivity index is 2.30. The first-order valence-electron chi connectivity index (χ1n) is 7.38. The fraction of sp³-hybridized carbons (Fsp3) is 0.625. The van der Waals surface area contributed by atoms with Gasteiger partial charge in [-0.05, 0) is 12.5 Å². The van der Waals surface area contributed by atoms with Crippen molar-refractivity contribution in [1.29, 1.82) is 0 Å². The summed E-state index contributed by atoms with van der Waals surface area (Å²) in [7, 11) is 0. The van der Waals surface area contributed by atoms with E-state index in [0.717, 1.165) is 12.0 Å². The van der Waals surface area contributed by atoms with E-state index in [1.807, 2.05) is 6.07 Å². The van der Waals surface area contributed by atoms with Gasteiger partial charge in [-0.15, -0.1) is 0 Å². The van der Waals surface area contributed by atoms with Gasteiger partial charge in [-0.1, -0.05) is 20.8 Å². The quantitative estimate of drug-likeness (QED) is 0.867. The first kappa shape index (κ1) is 15.8. The lowest BCUT2D eigenvalue weighted by Crippen LogP contribution is -2.49. The monoisotopic (exact) mass is 292 g/mol. The maximum Gasteiger partial charge on any atom is 0.302 e. The number of carbonyl (C=O) groups excluding carboxylic acids is 1. The molecular formula is C16H24N2O3. The molecular weight excluding hydrogens is 268 g/mol. The fourth-order valence-electron chi connectivity index (χ4n) is 3.07. The molecule has 116 valence electrons. The summed E-state index contributed by atoms with van der Waals surface area (Å²) in [5, 5.41) is 0. The van der Waals surface area contributed by atoms with Gasteiger partial charge in [0.1, 0.15) is 6.10 Å². The molecule has 0 saturated carbocycles. The van der Waals surface area contributed by atoms with E-state index < -0.39 is 0 Å². The Morgan fingerprint density at radius 1 is 1.57 bits per heavy atom. The van der Waals surface area contributed by atoms with E-state index in [0.29, 0.717) is 12.1 Å². The molecule has 1 aromatic rings. The van der Waals surface area contributed by atoms with Crippen LogP contribution in [-0.2, 0) is 14.3 Å². The minimum absolute atomic E-state index is 0.00756. The number of ether oxygens (including phenoxy) is 2. The molecule has 1 aromatic heterocycles. The van der Waals surface area contributed by atoms with Crippen LogP contribution in [0.2, 0.25) is 0 Å². The van der Waals surface area contributed by atoms with Crippen LogP contribution in [0.25, 0.3) is 0 Å². The zero-order chi connectivity index (χ0) is 15.6. The molecule has 5 nitrogen and oxygen atoms in total. The van der Waals surface area contributed by atoms with Crippen LogP contribution in [-0.4, -0.2) is 23.2 Å². The smallest absolute Gasteiger partial charge is 0.302 e. The summed E-state index contributed by atoms with van der Waals surface area (Å²) in [6, 6.07) is 1.87. The van der Waals surface area contributed by atoms with Gasteiger partial charge in [0.2, 0.25) is 0 Å². The Labute approximate surface area is 125 Å². The van der Waals surface area contributed by atoms with Gasteiger partial charge in [-0.25, -0.2) is 0 Å². The van der Waals surface area contributed by atoms with E-state index in [1.54, 1.807) is 12.4 Å². The average Bonchev–Trinajstić information content (AvgIpc) is 2.41. The summed E-state index contributed by atoms with van der Waals surface area (Å²) in [4.78, 5) is 15.4. The molecule has 5 heteroatoms. The number of hydrogen-bond acceptors (Lipinski definition) is 5. The predicted octanol–water partition coefficient (Wildman–Crippen LogP) is 2.86. The minimum Gasteiger partial charge on any atom is -0.462 e. The van der Waals surface area contributed by atoms with Crippen molar-refractivity contribution in [3.05, 3.63) is 24.0 Å². The third-order valence-corrected chi connectivity index (χ3v) is 4.33. The Bertz CT molecular complexity index is 516. The van der Waals surface area contributed by atoms with Crippen molar-refractivity contribution in [3.63, 3.8) is 0 Å². The van der Waals surface area contributed by atoms with E-state index in [2.05, 4.69) is 25.8 Å². The highest BCUT2D eigenvalue weighted by molar-refractivity contribution is 5.66. The fourth-order valence-corrected chi connectivity index (χ4v) is 3.07. The molecule has 0 amide bonds. The van der Waals surface area contributed by atoms with Gasteiger partial charge >= 0.3 is 5.97 Å². The second-order valence-electron chi connectivity index (χ2n) is 6.18. The minimum atomic E-state index is -0.258. The molecule has 2 heterocycles. The number of carbonyl (C=O) groups is 1. The van der Waals surface area contributed by atoms with Crippen molar-refractivity contribution >= 4 is 11.7 Å². The molecule has 0 bridgehead atoms. The van der Waals surface area contributed by atoms with Crippen molar-refractivity contribution in [2.24, 2.45) is 5.41 Å². The van der Waals surface area contributed by atoms with Crippen molar-refractivity contribution in [1.82, 2.24) is 4.98 Å². The highest BCUT2D eigenvalue weighted by atomic mass is 16.6. The van der Waals surface area contributed by atoms with E-state index in [-0.39, 0.29) is 29.7 Å². The lowest BCUT2D eigenvalue weighted by Gasteiger charge is -2.47. The van der Waals surface area contributed by atoms with Gasteiger partial charge in [-0.2, -0.15) is 0 Å². The van der Waals surface area contributed by atoms with Crippen LogP contribution in [0.1, 0.15) is 52.2 Å². The van der Waals surface area contributed by atoms with Crippen molar-refractivity contribution in [2.45, 2.75) is 58.8 Å². The van der Waals surface area contributed by atoms with Crippen molar-refractivity contribution in [2.75, 3.05) is 5.73 Å². The van der Waals surface area contributed by atoms with Gasteiger partial charge in [0.15, 0.2) is 0 Å². The Morgan fingerprint density at radius 3 is 2.86 bits per heavy atom. The largest absolute Gasteiger partial charge is 0.462 e. The standard InChI is InChI=1S/C16H24N2O3/c1-5-14-16(3,4)15(20-10(2)19)8-13(21-14)11-6-7-18-9-12(11)17/h6-7,9,13-15H,5,8,17H2,1-4H3/t13?,14-,15-/m0/s1. The maximum atomic E-state index is 11.4. The number of pyridine rings is 1. The first-order chi connectivity index (χ1) is 9.86. The number of rotatable bonds is 3. The number of nitrogens with zero attached hydrogens (tertiary/aromatic N) is 1. The van der Waals surface area contributed by atoms with E-state index in [9.17, 15) is 4.79 Å². The van der Waals surface area contributed by atoms with Crippen LogP contribution < -0.4 is 5.73 Å². The van der Waals surface area contributed by atoms with Crippen LogP contribution in [0.5, 0.6) is 0 Å². The molecule has 1 fully saturated rings. The highest BCUT2D eigenvalue weighted by Crippen LogP contribution is 2.45.